The molecule has 6 atom stereocenters. The van der Waals surface area contributed by atoms with Crippen molar-refractivity contribution >= 4 is 28.6 Å². The van der Waals surface area contributed by atoms with E-state index in [1.54, 1.807) is 13.2 Å². The Bertz CT molecular complexity index is 1280. The van der Waals surface area contributed by atoms with Crippen LogP contribution in [0.3, 0.4) is 0 Å². The van der Waals surface area contributed by atoms with Gasteiger partial charge < -0.3 is 25.7 Å². The van der Waals surface area contributed by atoms with E-state index in [4.69, 9.17) is 4.74 Å². The van der Waals surface area contributed by atoms with Crippen molar-refractivity contribution in [3.63, 3.8) is 0 Å². The van der Waals surface area contributed by atoms with E-state index in [1.807, 2.05) is 18.2 Å². The third kappa shape index (κ3) is 3.71. The van der Waals surface area contributed by atoms with Gasteiger partial charge in [0.15, 0.2) is 0 Å². The zero-order valence-electron chi connectivity index (χ0n) is 20.3. The fourth-order valence-electron chi connectivity index (χ4n) is 6.95. The maximum absolute atomic E-state index is 13.6. The average Bonchev–Trinajstić information content (AvgIpc) is 3.44. The summed E-state index contributed by atoms with van der Waals surface area (Å²) in [6.07, 6.45) is 4.88. The number of amides is 3. The van der Waals surface area contributed by atoms with Crippen molar-refractivity contribution in [2.45, 2.75) is 50.1 Å². The van der Waals surface area contributed by atoms with Crippen molar-refractivity contribution in [1.29, 1.82) is 5.26 Å². The van der Waals surface area contributed by atoms with Gasteiger partial charge in [-0.05, 0) is 61.6 Å². The summed E-state index contributed by atoms with van der Waals surface area (Å²) in [6, 6.07) is 8.92. The molecule has 6 unspecified atom stereocenters. The van der Waals surface area contributed by atoms with Crippen LogP contribution >= 0.6 is 0 Å². The van der Waals surface area contributed by atoms with Crippen LogP contribution in [-0.2, 0) is 9.59 Å². The summed E-state index contributed by atoms with van der Waals surface area (Å²) in [5.74, 6) is 0.376. The van der Waals surface area contributed by atoms with Crippen molar-refractivity contribution in [1.82, 2.24) is 20.9 Å². The molecule has 2 bridgehead atoms. The molecule has 9 heteroatoms. The second kappa shape index (κ2) is 8.54. The Morgan fingerprint density at radius 1 is 1.28 bits per heavy atom. The minimum absolute atomic E-state index is 0.000321. The molecule has 3 amide bonds. The van der Waals surface area contributed by atoms with Gasteiger partial charge in [0, 0.05) is 29.3 Å². The van der Waals surface area contributed by atoms with Gasteiger partial charge in [-0.15, -0.1) is 0 Å². The number of nitrogens with zero attached hydrogens (tertiary/aromatic N) is 1. The van der Waals surface area contributed by atoms with Gasteiger partial charge in [-0.25, -0.2) is 0 Å². The molecule has 2 aromatic rings. The summed E-state index contributed by atoms with van der Waals surface area (Å²) in [5.41, 5.74) is 0.0400. The molecule has 1 aromatic heterocycles. The Morgan fingerprint density at radius 2 is 2.11 bits per heavy atom. The lowest BCUT2D eigenvalue weighted by atomic mass is 9.52. The molecule has 5 aliphatic rings. The predicted octanol–water partition coefficient (Wildman–Crippen LogP) is 2.25. The molecule has 0 radical (unpaired) electrons. The number of aromatic amines is 1. The molecule has 1 saturated heterocycles. The second-order valence-corrected chi connectivity index (χ2v) is 11.0. The van der Waals surface area contributed by atoms with Crippen LogP contribution in [0.15, 0.2) is 24.3 Å². The van der Waals surface area contributed by atoms with Crippen LogP contribution < -0.4 is 20.7 Å². The lowest BCUT2D eigenvalue weighted by molar-refractivity contribution is -0.135. The molecule has 4 N–H and O–H groups in total. The molecular weight excluding hydrogens is 458 g/mol. The highest BCUT2D eigenvalue weighted by Gasteiger charge is 2.61. The third-order valence-electron chi connectivity index (χ3n) is 8.90. The van der Waals surface area contributed by atoms with Crippen LogP contribution in [-0.4, -0.2) is 47.9 Å². The zero-order valence-corrected chi connectivity index (χ0v) is 20.3. The summed E-state index contributed by atoms with van der Waals surface area (Å²) in [4.78, 5) is 42.5. The lowest BCUT2D eigenvalue weighted by Gasteiger charge is -2.53. The molecule has 9 nitrogen and oxygen atoms in total. The number of hydrogen-bond donors (Lipinski definition) is 4. The summed E-state index contributed by atoms with van der Waals surface area (Å²) in [5, 5.41) is 20.0. The normalized spacial score (nSPS) is 31.3. The number of fused-ring (bicyclic) bond motifs is 3. The average molecular weight is 490 g/mol. The molecule has 1 aromatic carbocycles. The number of carbonyl (C=O) groups excluding carboxylic acids is 3. The number of carbonyl (C=O) groups is 3. The molecule has 2 heterocycles. The highest BCUT2D eigenvalue weighted by atomic mass is 16.5. The number of methoxy groups -OCH3 is 1. The third-order valence-corrected chi connectivity index (χ3v) is 8.90. The van der Waals surface area contributed by atoms with Crippen molar-refractivity contribution in [2.75, 3.05) is 13.7 Å². The number of ether oxygens (including phenoxy) is 1. The van der Waals surface area contributed by atoms with E-state index in [9.17, 15) is 19.6 Å². The Labute approximate surface area is 209 Å². The van der Waals surface area contributed by atoms with Crippen molar-refractivity contribution in [3.8, 4) is 11.8 Å². The standard InChI is InChI=1S/C27H31N5O4/c1-36-22-4-2-3-19-16(22)10-21(30-19)24(33)31-20(9-14-5-6-14)25(34)32-27(13-28)11-15-7-8-18(27)23-17(15)12-29-26(23)35/h2-4,10,14-15,17-18,20,23,30H,5-9,11-12H2,1H3,(H,29,35)(H,31,33)(H,32,34). The quantitative estimate of drug-likeness (QED) is 0.473. The molecule has 4 aliphatic carbocycles. The number of nitrogens with one attached hydrogen (secondary N) is 4. The number of rotatable bonds is 7. The van der Waals surface area contributed by atoms with Crippen LogP contribution in [0.2, 0.25) is 0 Å². The van der Waals surface area contributed by atoms with E-state index in [0.29, 0.717) is 36.7 Å². The Morgan fingerprint density at radius 3 is 2.86 bits per heavy atom. The number of nitriles is 1. The summed E-state index contributed by atoms with van der Waals surface area (Å²) in [7, 11) is 1.58. The van der Waals surface area contributed by atoms with Crippen LogP contribution in [0.5, 0.6) is 5.75 Å². The first kappa shape index (κ1) is 22.9. The van der Waals surface area contributed by atoms with Gasteiger partial charge >= 0.3 is 0 Å². The largest absolute Gasteiger partial charge is 0.496 e. The van der Waals surface area contributed by atoms with E-state index in [2.05, 4.69) is 27.0 Å². The van der Waals surface area contributed by atoms with Crippen LogP contribution in [0, 0.1) is 40.9 Å². The second-order valence-electron chi connectivity index (χ2n) is 11.0. The molecule has 1 aliphatic heterocycles. The van der Waals surface area contributed by atoms with Crippen molar-refractivity contribution < 1.29 is 19.1 Å². The monoisotopic (exact) mass is 489 g/mol. The maximum Gasteiger partial charge on any atom is 0.268 e. The number of aromatic nitrogens is 1. The highest BCUT2D eigenvalue weighted by Crippen LogP contribution is 2.55. The van der Waals surface area contributed by atoms with Gasteiger partial charge in [-0.1, -0.05) is 18.9 Å². The van der Waals surface area contributed by atoms with Gasteiger partial charge in [-0.2, -0.15) is 5.26 Å². The molecule has 7 rings (SSSR count). The fourth-order valence-corrected chi connectivity index (χ4v) is 6.95. The topological polar surface area (TPSA) is 136 Å². The minimum atomic E-state index is -1.08. The Kier molecular flexibility index (Phi) is 5.43. The van der Waals surface area contributed by atoms with E-state index < -0.39 is 11.6 Å². The SMILES string of the molecule is COc1cccc2[nH]c(C(=O)NC(CC3CC3)C(=O)NC3(C#N)CC4CCC3C3C(=O)NCC43)cc12. The van der Waals surface area contributed by atoms with Crippen LogP contribution in [0.25, 0.3) is 10.9 Å². The first-order valence-electron chi connectivity index (χ1n) is 12.9. The molecule has 36 heavy (non-hydrogen) atoms. The predicted molar refractivity (Wildman–Crippen MR) is 131 cm³/mol. The minimum Gasteiger partial charge on any atom is -0.496 e. The van der Waals surface area contributed by atoms with E-state index in [0.717, 1.165) is 36.6 Å². The van der Waals surface area contributed by atoms with Crippen LogP contribution in [0.4, 0.5) is 0 Å². The summed E-state index contributed by atoms with van der Waals surface area (Å²) < 4.78 is 5.40. The van der Waals surface area contributed by atoms with Gasteiger partial charge in [0.1, 0.15) is 23.0 Å². The molecule has 4 saturated carbocycles. The molecule has 188 valence electrons. The van der Waals surface area contributed by atoms with E-state index in [-0.39, 0.29) is 41.4 Å². The maximum atomic E-state index is 13.6. The van der Waals surface area contributed by atoms with Crippen molar-refractivity contribution in [3.05, 3.63) is 30.0 Å². The Balaban J connectivity index is 1.23. The zero-order chi connectivity index (χ0) is 25.0. The number of H-pyrrole nitrogens is 1. The summed E-state index contributed by atoms with van der Waals surface area (Å²) in [6.45, 7) is 0.662. The summed E-state index contributed by atoms with van der Waals surface area (Å²) >= 11 is 0. The Hall–Kier alpha value is -3.54. The first-order valence-corrected chi connectivity index (χ1v) is 12.9. The number of benzene rings is 1. The smallest absolute Gasteiger partial charge is 0.268 e. The number of hydrogen-bond acceptors (Lipinski definition) is 5. The van der Waals surface area contributed by atoms with Gasteiger partial charge in [0.25, 0.3) is 5.91 Å². The van der Waals surface area contributed by atoms with Crippen molar-refractivity contribution in [2.24, 2.45) is 29.6 Å². The fraction of sp³-hybridized carbons (Fsp3) is 0.556. The molecular formula is C27H31N5O4. The van der Waals surface area contributed by atoms with Crippen LogP contribution in [0.1, 0.15) is 49.0 Å². The van der Waals surface area contributed by atoms with Gasteiger partial charge in [-0.3, -0.25) is 14.4 Å². The molecule has 0 spiro atoms. The molecule has 5 fully saturated rings. The van der Waals surface area contributed by atoms with Gasteiger partial charge in [0.2, 0.25) is 11.8 Å². The highest BCUT2D eigenvalue weighted by molar-refractivity contribution is 6.01. The first-order chi connectivity index (χ1) is 17.4. The van der Waals surface area contributed by atoms with Gasteiger partial charge in [0.05, 0.1) is 13.2 Å². The lowest BCUT2D eigenvalue weighted by Crippen LogP contribution is -2.65. The van der Waals surface area contributed by atoms with E-state index in [1.165, 1.54) is 0 Å². The van der Waals surface area contributed by atoms with E-state index >= 15 is 0 Å².